The van der Waals surface area contributed by atoms with Crippen LogP contribution in [0.15, 0.2) is 18.2 Å². The maximum Gasteiger partial charge on any atom is 0.255 e. The number of amides is 1. The van der Waals surface area contributed by atoms with E-state index in [1.165, 1.54) is 19.6 Å². The molecule has 6 heteroatoms. The summed E-state index contributed by atoms with van der Waals surface area (Å²) >= 11 is 0. The van der Waals surface area contributed by atoms with Crippen LogP contribution in [0.1, 0.15) is 36.0 Å². The maximum absolute atomic E-state index is 12.3. The van der Waals surface area contributed by atoms with Crippen LogP contribution < -0.4 is 10.1 Å². The molecule has 0 aromatic heterocycles. The van der Waals surface area contributed by atoms with E-state index in [1.807, 2.05) is 0 Å². The van der Waals surface area contributed by atoms with Crippen molar-refractivity contribution in [1.82, 2.24) is 10.2 Å². The minimum Gasteiger partial charge on any atom is -0.507 e. The molecular weight excluding hydrogens is 320 g/mol. The topological polar surface area (TPSA) is 71.0 Å². The second-order valence-corrected chi connectivity index (χ2v) is 6.94. The summed E-state index contributed by atoms with van der Waals surface area (Å²) in [7, 11) is 1.53. The predicted octanol–water partition coefficient (Wildman–Crippen LogP) is 2.02. The van der Waals surface area contributed by atoms with Gasteiger partial charge in [0.05, 0.1) is 12.7 Å². The monoisotopic (exact) mass is 348 g/mol. The Morgan fingerprint density at radius 3 is 2.88 bits per heavy atom. The van der Waals surface area contributed by atoms with E-state index in [2.05, 4.69) is 10.2 Å². The Morgan fingerprint density at radius 1 is 1.36 bits per heavy atom. The highest BCUT2D eigenvalue weighted by molar-refractivity contribution is 5.97. The van der Waals surface area contributed by atoms with Crippen molar-refractivity contribution in [3.8, 4) is 11.5 Å². The van der Waals surface area contributed by atoms with Crippen molar-refractivity contribution in [2.24, 2.45) is 5.92 Å². The number of nitrogens with one attached hydrogen (secondary N) is 1. The molecule has 0 saturated carbocycles. The molecule has 2 saturated heterocycles. The van der Waals surface area contributed by atoms with Crippen molar-refractivity contribution in [3.63, 3.8) is 0 Å². The summed E-state index contributed by atoms with van der Waals surface area (Å²) in [5.41, 5.74) is 0.290. The number of methoxy groups -OCH3 is 1. The van der Waals surface area contributed by atoms with E-state index in [9.17, 15) is 9.90 Å². The van der Waals surface area contributed by atoms with Crippen LogP contribution in [0.4, 0.5) is 0 Å². The van der Waals surface area contributed by atoms with Gasteiger partial charge in [-0.15, -0.1) is 0 Å². The highest BCUT2D eigenvalue weighted by Gasteiger charge is 2.27. The molecule has 138 valence electrons. The predicted molar refractivity (Wildman–Crippen MR) is 95.1 cm³/mol. The number of carbonyl (C=O) groups is 1. The van der Waals surface area contributed by atoms with Gasteiger partial charge < -0.3 is 19.9 Å². The summed E-state index contributed by atoms with van der Waals surface area (Å²) in [5, 5.41) is 13.0. The lowest BCUT2D eigenvalue weighted by Crippen LogP contribution is -2.47. The number of piperidine rings is 1. The number of hydrogen-bond acceptors (Lipinski definition) is 5. The van der Waals surface area contributed by atoms with Crippen LogP contribution in [-0.4, -0.2) is 61.9 Å². The van der Waals surface area contributed by atoms with Crippen LogP contribution in [0, 0.1) is 5.92 Å². The molecule has 25 heavy (non-hydrogen) atoms. The number of phenolic OH excluding ortho intramolecular Hbond substituents is 1. The van der Waals surface area contributed by atoms with Crippen molar-refractivity contribution < 1.29 is 19.4 Å². The minimum absolute atomic E-state index is 0.0515. The smallest absolute Gasteiger partial charge is 0.255 e. The third-order valence-electron chi connectivity index (χ3n) is 5.26. The van der Waals surface area contributed by atoms with Crippen molar-refractivity contribution in [2.75, 3.05) is 40.0 Å². The molecule has 1 unspecified atom stereocenters. The van der Waals surface area contributed by atoms with Gasteiger partial charge in [-0.25, -0.2) is 0 Å². The van der Waals surface area contributed by atoms with Gasteiger partial charge in [-0.1, -0.05) is 0 Å². The first-order valence-electron chi connectivity index (χ1n) is 9.14. The number of nitrogens with zero attached hydrogens (tertiary/aromatic N) is 1. The molecule has 2 fully saturated rings. The fourth-order valence-corrected chi connectivity index (χ4v) is 3.81. The first-order valence-corrected chi connectivity index (χ1v) is 9.14. The quantitative estimate of drug-likeness (QED) is 0.852. The Morgan fingerprint density at radius 2 is 2.16 bits per heavy atom. The Hall–Kier alpha value is -1.79. The number of benzene rings is 1. The average Bonchev–Trinajstić information content (AvgIpc) is 2.67. The van der Waals surface area contributed by atoms with Gasteiger partial charge in [0, 0.05) is 38.4 Å². The Labute approximate surface area is 149 Å². The number of rotatable bonds is 5. The average molecular weight is 348 g/mol. The fourth-order valence-electron chi connectivity index (χ4n) is 3.81. The number of carbonyl (C=O) groups excluding carboxylic acids is 1. The van der Waals surface area contributed by atoms with Crippen LogP contribution in [-0.2, 0) is 4.74 Å². The van der Waals surface area contributed by atoms with Crippen molar-refractivity contribution >= 4 is 5.91 Å². The number of hydrogen-bond donors (Lipinski definition) is 2. The largest absolute Gasteiger partial charge is 0.507 e. The molecule has 3 rings (SSSR count). The third kappa shape index (κ3) is 4.64. The Bertz CT molecular complexity index is 587. The zero-order valence-corrected chi connectivity index (χ0v) is 14.9. The first kappa shape index (κ1) is 18.0. The second kappa shape index (κ2) is 8.54. The van der Waals surface area contributed by atoms with Gasteiger partial charge in [0.2, 0.25) is 0 Å². The molecule has 6 nitrogen and oxygen atoms in total. The molecule has 2 aliphatic heterocycles. The lowest BCUT2D eigenvalue weighted by Gasteiger charge is -2.40. The van der Waals surface area contributed by atoms with Gasteiger partial charge in [0.15, 0.2) is 0 Å². The summed E-state index contributed by atoms with van der Waals surface area (Å²) < 4.78 is 10.5. The maximum atomic E-state index is 12.3. The van der Waals surface area contributed by atoms with Crippen molar-refractivity contribution in [2.45, 2.75) is 31.7 Å². The fraction of sp³-hybridized carbons (Fsp3) is 0.632. The highest BCUT2D eigenvalue weighted by Crippen LogP contribution is 2.25. The van der Waals surface area contributed by atoms with Gasteiger partial charge in [-0.3, -0.25) is 9.69 Å². The Kier molecular flexibility index (Phi) is 6.15. The minimum atomic E-state index is -0.233. The van der Waals surface area contributed by atoms with Gasteiger partial charge in [0.1, 0.15) is 11.5 Å². The number of phenols is 1. The number of ether oxygens (including phenoxy) is 2. The normalized spacial score (nSPS) is 22.5. The van der Waals surface area contributed by atoms with E-state index in [-0.39, 0.29) is 17.2 Å². The van der Waals surface area contributed by atoms with E-state index in [4.69, 9.17) is 9.47 Å². The molecule has 1 amide bonds. The van der Waals surface area contributed by atoms with E-state index in [0.29, 0.717) is 24.3 Å². The van der Waals surface area contributed by atoms with Crippen LogP contribution in [0.25, 0.3) is 0 Å². The van der Waals surface area contributed by atoms with Crippen LogP contribution >= 0.6 is 0 Å². The Balaban J connectivity index is 1.51. The van der Waals surface area contributed by atoms with E-state index in [0.717, 1.165) is 45.6 Å². The number of aromatic hydroxyl groups is 1. The summed E-state index contributed by atoms with van der Waals surface area (Å²) in [4.78, 5) is 14.9. The van der Waals surface area contributed by atoms with Gasteiger partial charge >= 0.3 is 0 Å². The molecule has 2 heterocycles. The molecule has 0 spiro atoms. The summed E-state index contributed by atoms with van der Waals surface area (Å²) in [6.07, 6.45) is 4.53. The zero-order valence-electron chi connectivity index (χ0n) is 14.9. The number of likely N-dealkylation sites (tertiary alicyclic amines) is 1. The van der Waals surface area contributed by atoms with Crippen LogP contribution in [0.3, 0.4) is 0 Å². The molecule has 1 atom stereocenters. The summed E-state index contributed by atoms with van der Waals surface area (Å²) in [6.45, 7) is 4.54. The lowest BCUT2D eigenvalue weighted by atomic mass is 9.94. The molecular formula is C19H28N2O4. The van der Waals surface area contributed by atoms with Crippen LogP contribution in [0.5, 0.6) is 11.5 Å². The molecule has 0 aliphatic carbocycles. The van der Waals surface area contributed by atoms with Crippen molar-refractivity contribution in [3.05, 3.63) is 23.8 Å². The standard InChI is InChI=1S/C19H28N2O4/c1-24-16-4-5-17(18(22)11-16)19(23)20-12-14-3-2-8-21(13-14)15-6-9-25-10-7-15/h4-5,11,14-15,22H,2-3,6-10,12-13H2,1H3,(H,20,23). The SMILES string of the molecule is COc1ccc(C(=O)NCC2CCCN(C3CCOCC3)C2)c(O)c1. The van der Waals surface area contributed by atoms with E-state index in [1.54, 1.807) is 12.1 Å². The molecule has 0 radical (unpaired) electrons. The molecule has 0 bridgehead atoms. The van der Waals surface area contributed by atoms with Gasteiger partial charge in [0.25, 0.3) is 5.91 Å². The molecule has 2 aliphatic rings. The lowest BCUT2D eigenvalue weighted by molar-refractivity contribution is 0.0179. The molecule has 1 aromatic carbocycles. The van der Waals surface area contributed by atoms with E-state index >= 15 is 0 Å². The van der Waals surface area contributed by atoms with Crippen molar-refractivity contribution in [1.29, 1.82) is 0 Å². The summed E-state index contributed by atoms with van der Waals surface area (Å²) in [5.74, 6) is 0.710. The third-order valence-corrected chi connectivity index (χ3v) is 5.26. The zero-order chi connectivity index (χ0) is 17.6. The second-order valence-electron chi connectivity index (χ2n) is 6.94. The van der Waals surface area contributed by atoms with E-state index < -0.39 is 0 Å². The summed E-state index contributed by atoms with van der Waals surface area (Å²) in [6, 6.07) is 5.36. The highest BCUT2D eigenvalue weighted by atomic mass is 16.5. The molecule has 1 aromatic rings. The molecule has 2 N–H and O–H groups in total. The first-order chi connectivity index (χ1) is 12.2. The van der Waals surface area contributed by atoms with Gasteiger partial charge in [-0.2, -0.15) is 0 Å². The van der Waals surface area contributed by atoms with Gasteiger partial charge in [-0.05, 0) is 50.3 Å². The van der Waals surface area contributed by atoms with Crippen LogP contribution in [0.2, 0.25) is 0 Å².